The van der Waals surface area contributed by atoms with Gasteiger partial charge in [0.2, 0.25) is 5.91 Å². The molecule has 4 bridgehead atoms. The van der Waals surface area contributed by atoms with Crippen LogP contribution in [-0.4, -0.2) is 31.0 Å². The lowest BCUT2D eigenvalue weighted by Gasteiger charge is -2.66. The van der Waals surface area contributed by atoms with E-state index in [0.717, 1.165) is 38.5 Å². The maximum Gasteiger partial charge on any atom is 0.280 e. The zero-order valence-corrected chi connectivity index (χ0v) is 17.3. The summed E-state index contributed by atoms with van der Waals surface area (Å²) in [7, 11) is 0. The van der Waals surface area contributed by atoms with Gasteiger partial charge in [0.1, 0.15) is 0 Å². The van der Waals surface area contributed by atoms with Crippen LogP contribution >= 0.6 is 0 Å². The van der Waals surface area contributed by atoms with Gasteiger partial charge >= 0.3 is 0 Å². The number of carbonyl (C=O) groups excluding carboxylic acids is 1. The highest BCUT2D eigenvalue weighted by molar-refractivity contribution is 5.84. The summed E-state index contributed by atoms with van der Waals surface area (Å²) in [4.78, 5) is 13.6. The zero-order chi connectivity index (χ0) is 20.3. The average molecular weight is 403 g/mol. The van der Waals surface area contributed by atoms with Crippen LogP contribution in [0.15, 0.2) is 30.3 Å². The molecule has 1 saturated heterocycles. The van der Waals surface area contributed by atoms with E-state index in [0.29, 0.717) is 18.9 Å². The Morgan fingerprint density at radius 2 is 1.93 bits per heavy atom. The summed E-state index contributed by atoms with van der Waals surface area (Å²) in [6.45, 7) is 2.43. The fraction of sp³-hybridized carbons (Fsp3) is 0.708. The van der Waals surface area contributed by atoms with Crippen molar-refractivity contribution in [3.05, 3.63) is 35.9 Å². The SMILES string of the molecule is CC[C@]12CC3CC(C(=O)NC4CCNCC4(F)F)(C1)C[C@@](c1ccccc1)(C3)C2. The third-order valence-corrected chi connectivity index (χ3v) is 8.59. The Morgan fingerprint density at radius 1 is 1.14 bits per heavy atom. The molecule has 4 aliphatic carbocycles. The smallest absolute Gasteiger partial charge is 0.280 e. The van der Waals surface area contributed by atoms with E-state index in [-0.39, 0.29) is 23.3 Å². The van der Waals surface area contributed by atoms with Crippen molar-refractivity contribution in [3.8, 4) is 0 Å². The number of benzene rings is 1. The summed E-state index contributed by atoms with van der Waals surface area (Å²) in [6.07, 6.45) is 7.36. The van der Waals surface area contributed by atoms with Gasteiger partial charge in [-0.3, -0.25) is 4.79 Å². The lowest BCUT2D eigenvalue weighted by atomic mass is 9.38. The summed E-state index contributed by atoms with van der Waals surface area (Å²) in [6, 6.07) is 9.60. The van der Waals surface area contributed by atoms with Gasteiger partial charge in [0.25, 0.3) is 5.92 Å². The van der Waals surface area contributed by atoms with Crippen molar-refractivity contribution in [2.45, 2.75) is 75.7 Å². The van der Waals surface area contributed by atoms with Crippen LogP contribution in [0.4, 0.5) is 8.78 Å². The Morgan fingerprint density at radius 3 is 2.66 bits per heavy atom. The molecule has 1 amide bonds. The van der Waals surface area contributed by atoms with Gasteiger partial charge < -0.3 is 10.6 Å². The Kier molecular flexibility index (Phi) is 4.37. The van der Waals surface area contributed by atoms with Crippen molar-refractivity contribution in [1.82, 2.24) is 10.6 Å². The molecular weight excluding hydrogens is 370 g/mol. The van der Waals surface area contributed by atoms with Crippen molar-refractivity contribution < 1.29 is 13.6 Å². The Balaban J connectivity index is 1.48. The molecule has 0 radical (unpaired) electrons. The van der Waals surface area contributed by atoms with Gasteiger partial charge in [0.15, 0.2) is 0 Å². The normalized spacial score (nSPS) is 42.6. The van der Waals surface area contributed by atoms with Crippen molar-refractivity contribution in [3.63, 3.8) is 0 Å². The maximum absolute atomic E-state index is 14.4. The summed E-state index contributed by atoms with van der Waals surface area (Å²) >= 11 is 0. The molecule has 6 rings (SSSR count). The molecule has 29 heavy (non-hydrogen) atoms. The molecule has 3 unspecified atom stereocenters. The molecule has 5 fully saturated rings. The van der Waals surface area contributed by atoms with Crippen LogP contribution < -0.4 is 10.6 Å². The summed E-state index contributed by atoms with van der Waals surface area (Å²) in [5.74, 6) is -2.47. The topological polar surface area (TPSA) is 41.1 Å². The Labute approximate surface area is 172 Å². The van der Waals surface area contributed by atoms with Crippen molar-refractivity contribution >= 4 is 5.91 Å². The standard InChI is InChI=1S/C24H32F2N2O/c1-2-21-10-17-11-22(13-21,18-6-4-3-5-7-18)15-23(12-17,14-21)20(29)28-19-8-9-27-16-24(19,25)26/h3-7,17,19,27H,2,8-16H2,1H3,(H,28,29)/t17?,19?,21-,22-,23?/m1/s1. The minimum absolute atomic E-state index is 0.0185. The fourth-order valence-electron chi connectivity index (χ4n) is 7.72. The van der Waals surface area contributed by atoms with Gasteiger partial charge in [0.05, 0.1) is 18.0 Å². The quantitative estimate of drug-likeness (QED) is 0.783. The molecule has 3 nitrogen and oxygen atoms in total. The lowest BCUT2D eigenvalue weighted by Crippen LogP contribution is -2.65. The number of hydrogen-bond donors (Lipinski definition) is 2. The van der Waals surface area contributed by atoms with Crippen LogP contribution in [0.3, 0.4) is 0 Å². The molecule has 1 aromatic rings. The highest BCUT2D eigenvalue weighted by atomic mass is 19.3. The average Bonchev–Trinajstić information content (AvgIpc) is 2.69. The molecule has 158 valence electrons. The van der Waals surface area contributed by atoms with E-state index >= 15 is 0 Å². The third-order valence-electron chi connectivity index (χ3n) is 8.59. The minimum Gasteiger partial charge on any atom is -0.347 e. The Hall–Kier alpha value is -1.49. The molecule has 1 aliphatic heterocycles. The minimum atomic E-state index is -2.88. The van der Waals surface area contributed by atoms with Crippen molar-refractivity contribution in [2.24, 2.45) is 16.7 Å². The molecule has 1 heterocycles. The van der Waals surface area contributed by atoms with E-state index in [1.165, 1.54) is 12.0 Å². The van der Waals surface area contributed by atoms with Crippen LogP contribution in [0, 0.1) is 16.7 Å². The van der Waals surface area contributed by atoms with Gasteiger partial charge in [-0.25, -0.2) is 8.78 Å². The van der Waals surface area contributed by atoms with Crippen LogP contribution in [0.1, 0.15) is 63.9 Å². The van der Waals surface area contributed by atoms with Gasteiger partial charge in [-0.2, -0.15) is 0 Å². The number of halogens is 2. The maximum atomic E-state index is 14.4. The number of piperidine rings is 1. The van der Waals surface area contributed by atoms with E-state index in [9.17, 15) is 13.6 Å². The van der Waals surface area contributed by atoms with E-state index < -0.39 is 17.4 Å². The molecule has 0 aromatic heterocycles. The van der Waals surface area contributed by atoms with Gasteiger partial charge in [-0.05, 0) is 73.8 Å². The first kappa shape index (κ1) is 19.5. The van der Waals surface area contributed by atoms with Gasteiger partial charge in [0, 0.05) is 0 Å². The Bertz CT molecular complexity index is 799. The molecule has 4 saturated carbocycles. The predicted molar refractivity (Wildman–Crippen MR) is 109 cm³/mol. The highest BCUT2D eigenvalue weighted by Crippen LogP contribution is 2.71. The van der Waals surface area contributed by atoms with Crippen molar-refractivity contribution in [2.75, 3.05) is 13.1 Å². The van der Waals surface area contributed by atoms with E-state index in [1.54, 1.807) is 0 Å². The van der Waals surface area contributed by atoms with Gasteiger partial charge in [-0.15, -0.1) is 0 Å². The largest absolute Gasteiger partial charge is 0.347 e. The first-order valence-electron chi connectivity index (χ1n) is 11.3. The second-order valence-corrected chi connectivity index (χ2v) is 10.5. The van der Waals surface area contributed by atoms with Crippen molar-refractivity contribution in [1.29, 1.82) is 0 Å². The van der Waals surface area contributed by atoms with Gasteiger partial charge in [-0.1, -0.05) is 43.7 Å². The third kappa shape index (κ3) is 3.03. The lowest BCUT2D eigenvalue weighted by molar-refractivity contribution is -0.167. The van der Waals surface area contributed by atoms with E-state index in [2.05, 4.69) is 41.8 Å². The second kappa shape index (κ2) is 6.50. The zero-order valence-electron chi connectivity index (χ0n) is 17.3. The number of carbonyl (C=O) groups is 1. The number of rotatable bonds is 4. The van der Waals surface area contributed by atoms with Crippen LogP contribution in [0.5, 0.6) is 0 Å². The molecule has 1 aromatic carbocycles. The molecule has 2 N–H and O–H groups in total. The number of nitrogens with one attached hydrogen (secondary N) is 2. The number of hydrogen-bond acceptors (Lipinski definition) is 2. The van der Waals surface area contributed by atoms with E-state index in [4.69, 9.17) is 0 Å². The summed E-state index contributed by atoms with van der Waals surface area (Å²) in [5.41, 5.74) is 1.03. The first-order valence-corrected chi connectivity index (χ1v) is 11.3. The molecule has 5 atom stereocenters. The predicted octanol–water partition coefficient (Wildman–Crippen LogP) is 4.42. The molecule has 5 aliphatic rings. The summed E-state index contributed by atoms with van der Waals surface area (Å²) < 4.78 is 28.8. The molecular formula is C24H32F2N2O. The molecule has 0 spiro atoms. The van der Waals surface area contributed by atoms with E-state index in [1.807, 2.05) is 6.07 Å². The fourth-order valence-corrected chi connectivity index (χ4v) is 7.72. The number of alkyl halides is 2. The first-order chi connectivity index (χ1) is 13.8. The monoisotopic (exact) mass is 402 g/mol. The number of amides is 1. The summed E-state index contributed by atoms with van der Waals surface area (Å²) in [5, 5.41) is 5.60. The highest BCUT2D eigenvalue weighted by Gasteiger charge is 2.65. The molecule has 5 heteroatoms. The van der Waals surface area contributed by atoms with Crippen LogP contribution in [-0.2, 0) is 10.2 Å². The van der Waals surface area contributed by atoms with Crippen LogP contribution in [0.2, 0.25) is 0 Å². The second-order valence-electron chi connectivity index (χ2n) is 10.5. The van der Waals surface area contributed by atoms with Crippen LogP contribution in [0.25, 0.3) is 0 Å².